The molecule has 0 aliphatic rings. The van der Waals surface area contributed by atoms with Crippen molar-refractivity contribution in [1.29, 1.82) is 0 Å². The Morgan fingerprint density at radius 3 is 1.67 bits per heavy atom. The van der Waals surface area contributed by atoms with Gasteiger partial charge in [0.15, 0.2) is 0 Å². The maximum absolute atomic E-state index is 10.5. The first-order valence-electron chi connectivity index (χ1n) is 9.73. The number of phenols is 2. The maximum Gasteiger partial charge on any atom is 0.119 e. The predicted molar refractivity (Wildman–Crippen MR) is 116 cm³/mol. The highest BCUT2D eigenvalue weighted by Crippen LogP contribution is 2.43. The molecular formula is C24H34O2S. The fraction of sp³-hybridized carbons (Fsp3) is 0.500. The minimum Gasteiger partial charge on any atom is -0.508 e. The van der Waals surface area contributed by atoms with E-state index in [9.17, 15) is 10.2 Å². The summed E-state index contributed by atoms with van der Waals surface area (Å²) >= 11 is 1.71. The molecule has 2 rings (SSSR count). The lowest BCUT2D eigenvalue weighted by Gasteiger charge is -2.27. The van der Waals surface area contributed by atoms with Crippen LogP contribution in [0.25, 0.3) is 0 Å². The predicted octanol–water partition coefficient (Wildman–Crippen LogP) is 7.24. The van der Waals surface area contributed by atoms with Crippen LogP contribution in [0, 0.1) is 13.8 Å². The molecule has 2 nitrogen and oxygen atoms in total. The number of aryl methyl sites for hydroxylation is 2. The first-order chi connectivity index (χ1) is 12.4. The summed E-state index contributed by atoms with van der Waals surface area (Å²) in [6.45, 7) is 17.0. The van der Waals surface area contributed by atoms with E-state index in [-0.39, 0.29) is 10.8 Å². The zero-order valence-corrected chi connectivity index (χ0v) is 18.8. The van der Waals surface area contributed by atoms with Gasteiger partial charge in [-0.15, -0.1) is 0 Å². The molecule has 0 heterocycles. The van der Waals surface area contributed by atoms with Crippen molar-refractivity contribution >= 4 is 11.8 Å². The second-order valence-corrected chi connectivity index (χ2v) is 10.3. The van der Waals surface area contributed by atoms with E-state index in [0.29, 0.717) is 11.5 Å². The smallest absolute Gasteiger partial charge is 0.119 e. The van der Waals surface area contributed by atoms with E-state index in [1.54, 1.807) is 11.8 Å². The van der Waals surface area contributed by atoms with Gasteiger partial charge in [0.1, 0.15) is 11.5 Å². The van der Waals surface area contributed by atoms with E-state index < -0.39 is 0 Å². The molecule has 0 fully saturated rings. The van der Waals surface area contributed by atoms with E-state index in [2.05, 4.69) is 53.7 Å². The van der Waals surface area contributed by atoms with E-state index in [4.69, 9.17) is 0 Å². The van der Waals surface area contributed by atoms with Gasteiger partial charge in [0, 0.05) is 20.9 Å². The molecule has 0 unspecified atom stereocenters. The monoisotopic (exact) mass is 386 g/mol. The van der Waals surface area contributed by atoms with Crippen LogP contribution < -0.4 is 0 Å². The van der Waals surface area contributed by atoms with E-state index in [1.165, 1.54) is 0 Å². The first kappa shape index (κ1) is 21.7. The average molecular weight is 387 g/mol. The summed E-state index contributed by atoms with van der Waals surface area (Å²) in [4.78, 5) is 2.30. The second kappa shape index (κ2) is 7.79. The zero-order chi connectivity index (χ0) is 20.6. The van der Waals surface area contributed by atoms with Gasteiger partial charge in [-0.25, -0.2) is 0 Å². The summed E-state index contributed by atoms with van der Waals surface area (Å²) < 4.78 is 0. The molecule has 0 aromatic heterocycles. The summed E-state index contributed by atoms with van der Waals surface area (Å²) in [7, 11) is 0. The Balaban J connectivity index is 2.52. The summed E-state index contributed by atoms with van der Waals surface area (Å²) in [5.41, 5.74) is 3.91. The van der Waals surface area contributed by atoms with Crippen molar-refractivity contribution < 1.29 is 10.2 Å². The molecule has 0 atom stereocenters. The third-order valence-electron chi connectivity index (χ3n) is 5.22. The zero-order valence-electron chi connectivity index (χ0n) is 18.0. The highest BCUT2D eigenvalue weighted by molar-refractivity contribution is 7.99. The lowest BCUT2D eigenvalue weighted by atomic mass is 9.80. The molecule has 0 saturated carbocycles. The van der Waals surface area contributed by atoms with Crippen LogP contribution in [0.2, 0.25) is 0 Å². The lowest BCUT2D eigenvalue weighted by Crippen LogP contribution is -2.17. The first-order valence-corrected chi connectivity index (χ1v) is 10.5. The largest absolute Gasteiger partial charge is 0.508 e. The van der Waals surface area contributed by atoms with Gasteiger partial charge in [-0.3, -0.25) is 0 Å². The van der Waals surface area contributed by atoms with E-state index >= 15 is 0 Å². The molecule has 27 heavy (non-hydrogen) atoms. The van der Waals surface area contributed by atoms with Gasteiger partial charge < -0.3 is 10.2 Å². The molecule has 2 N–H and O–H groups in total. The van der Waals surface area contributed by atoms with Crippen molar-refractivity contribution in [3.63, 3.8) is 0 Å². The molecular weight excluding hydrogens is 352 g/mol. The molecule has 0 aliphatic carbocycles. The molecule has 2 aromatic carbocycles. The number of benzene rings is 2. The quantitative estimate of drug-likeness (QED) is 0.569. The number of phenolic OH excluding ortho intramolecular Hbond substituents is 2. The molecule has 0 saturated heterocycles. The van der Waals surface area contributed by atoms with Crippen LogP contribution in [-0.2, 0) is 10.8 Å². The third-order valence-corrected chi connectivity index (χ3v) is 6.54. The van der Waals surface area contributed by atoms with Crippen LogP contribution in [0.1, 0.15) is 76.6 Å². The highest BCUT2D eigenvalue weighted by Gasteiger charge is 2.25. The molecule has 0 aliphatic heterocycles. The SMILES string of the molecule is CCCC(C)(C)c1cc(Sc2cc(C(C)(C)C)c(O)cc2C)c(C)cc1O. The van der Waals surface area contributed by atoms with Gasteiger partial charge >= 0.3 is 0 Å². The summed E-state index contributed by atoms with van der Waals surface area (Å²) in [5, 5.41) is 20.9. The van der Waals surface area contributed by atoms with Gasteiger partial charge in [0.25, 0.3) is 0 Å². The minimum absolute atomic E-state index is 0.0670. The third kappa shape index (κ3) is 4.82. The summed E-state index contributed by atoms with van der Waals surface area (Å²) in [5.74, 6) is 0.740. The van der Waals surface area contributed by atoms with Gasteiger partial charge in [-0.2, -0.15) is 0 Å². The van der Waals surface area contributed by atoms with Crippen molar-refractivity contribution in [3.8, 4) is 11.5 Å². The Hall–Kier alpha value is -1.61. The van der Waals surface area contributed by atoms with Gasteiger partial charge in [-0.1, -0.05) is 59.7 Å². The van der Waals surface area contributed by atoms with Gasteiger partial charge in [0.05, 0.1) is 0 Å². The van der Waals surface area contributed by atoms with Crippen molar-refractivity contribution in [1.82, 2.24) is 0 Å². The number of aromatic hydroxyl groups is 2. The number of hydrogen-bond donors (Lipinski definition) is 2. The lowest BCUT2D eigenvalue weighted by molar-refractivity contribution is 0.416. The summed E-state index contributed by atoms with van der Waals surface area (Å²) in [6, 6.07) is 8.00. The van der Waals surface area contributed by atoms with Crippen LogP contribution in [0.15, 0.2) is 34.1 Å². The van der Waals surface area contributed by atoms with Crippen molar-refractivity contribution in [2.45, 2.75) is 88.9 Å². The molecule has 0 spiro atoms. The van der Waals surface area contributed by atoms with Crippen molar-refractivity contribution in [3.05, 3.63) is 46.5 Å². The molecule has 0 bridgehead atoms. The van der Waals surface area contributed by atoms with Crippen LogP contribution in [0.3, 0.4) is 0 Å². The minimum atomic E-state index is -0.120. The average Bonchev–Trinajstić information content (AvgIpc) is 2.50. The van der Waals surface area contributed by atoms with Gasteiger partial charge in [-0.05, 0) is 66.5 Å². The van der Waals surface area contributed by atoms with Gasteiger partial charge in [0.2, 0.25) is 0 Å². The fourth-order valence-corrected chi connectivity index (χ4v) is 4.62. The Bertz CT molecular complexity index is 829. The topological polar surface area (TPSA) is 40.5 Å². The highest BCUT2D eigenvalue weighted by atomic mass is 32.2. The molecule has 0 radical (unpaired) electrons. The fourth-order valence-electron chi connectivity index (χ4n) is 3.59. The van der Waals surface area contributed by atoms with Crippen LogP contribution in [-0.4, -0.2) is 10.2 Å². The Kier molecular flexibility index (Phi) is 6.26. The standard InChI is InChI=1S/C24H34O2S/c1-9-10-24(7,8)18-14-22(16(3)12-20(18)26)27-21-13-17(23(4,5)6)19(25)11-15(21)2/h11-14,25-26H,9-10H2,1-8H3. The van der Waals surface area contributed by atoms with Crippen LogP contribution in [0.5, 0.6) is 11.5 Å². The molecule has 148 valence electrons. The van der Waals surface area contributed by atoms with E-state index in [1.807, 2.05) is 26.0 Å². The maximum atomic E-state index is 10.5. The Labute approximate surface area is 169 Å². The van der Waals surface area contributed by atoms with Crippen molar-refractivity contribution in [2.24, 2.45) is 0 Å². The Morgan fingerprint density at radius 1 is 0.778 bits per heavy atom. The number of rotatable bonds is 5. The second-order valence-electron chi connectivity index (χ2n) is 9.26. The summed E-state index contributed by atoms with van der Waals surface area (Å²) in [6.07, 6.45) is 2.11. The van der Waals surface area contributed by atoms with Crippen molar-refractivity contribution in [2.75, 3.05) is 0 Å². The Morgan fingerprint density at radius 2 is 1.22 bits per heavy atom. The van der Waals surface area contributed by atoms with Crippen LogP contribution >= 0.6 is 11.8 Å². The molecule has 0 amide bonds. The molecule has 2 aromatic rings. The van der Waals surface area contributed by atoms with Crippen LogP contribution in [0.4, 0.5) is 0 Å². The van der Waals surface area contributed by atoms with E-state index in [0.717, 1.165) is 44.9 Å². The molecule has 3 heteroatoms. The normalized spacial score (nSPS) is 12.4. The number of hydrogen-bond acceptors (Lipinski definition) is 3.